The van der Waals surface area contributed by atoms with Crippen LogP contribution in [0.4, 0.5) is 5.69 Å². The number of amides is 1. The number of carbonyl (C=O) groups excluding carboxylic acids is 1. The minimum atomic E-state index is -0.292. The molecule has 2 fully saturated rings. The lowest BCUT2D eigenvalue weighted by atomic mass is 9.94. The van der Waals surface area contributed by atoms with E-state index in [-0.39, 0.29) is 16.5 Å². The van der Waals surface area contributed by atoms with E-state index in [4.69, 9.17) is 0 Å². The number of hydrogen-bond donors (Lipinski definition) is 0. The molecule has 2 aliphatic rings. The summed E-state index contributed by atoms with van der Waals surface area (Å²) in [5, 5.41) is 11.5. The Balaban J connectivity index is 1.65. The SMILES string of the molecule is CCCN1CCN(C(=O)/C=C/c2ccc(C3CCCC3)c([N+](=O)[O-])c2)CC1. The molecule has 146 valence electrons. The highest BCUT2D eigenvalue weighted by atomic mass is 16.6. The molecule has 1 aliphatic carbocycles. The summed E-state index contributed by atoms with van der Waals surface area (Å²) in [4.78, 5) is 27.9. The fourth-order valence-electron chi connectivity index (χ4n) is 4.19. The van der Waals surface area contributed by atoms with E-state index in [1.165, 1.54) is 0 Å². The van der Waals surface area contributed by atoms with Crippen molar-refractivity contribution < 1.29 is 9.72 Å². The summed E-state index contributed by atoms with van der Waals surface area (Å²) in [5.74, 6) is 0.276. The Morgan fingerprint density at radius 3 is 2.56 bits per heavy atom. The van der Waals surface area contributed by atoms with E-state index in [0.29, 0.717) is 11.5 Å². The van der Waals surface area contributed by atoms with Crippen molar-refractivity contribution in [1.29, 1.82) is 0 Å². The maximum Gasteiger partial charge on any atom is 0.273 e. The lowest BCUT2D eigenvalue weighted by molar-refractivity contribution is -0.385. The van der Waals surface area contributed by atoms with Crippen molar-refractivity contribution >= 4 is 17.7 Å². The zero-order valence-electron chi connectivity index (χ0n) is 16.1. The number of nitro groups is 1. The maximum atomic E-state index is 12.4. The molecule has 1 saturated heterocycles. The third kappa shape index (κ3) is 4.95. The number of carbonyl (C=O) groups is 1. The van der Waals surface area contributed by atoms with Crippen LogP contribution < -0.4 is 0 Å². The summed E-state index contributed by atoms with van der Waals surface area (Å²) < 4.78 is 0. The average molecular weight is 371 g/mol. The third-order valence-electron chi connectivity index (χ3n) is 5.69. The highest BCUT2D eigenvalue weighted by Gasteiger charge is 2.25. The van der Waals surface area contributed by atoms with Crippen molar-refractivity contribution in [2.24, 2.45) is 0 Å². The lowest BCUT2D eigenvalue weighted by Crippen LogP contribution is -2.48. The second-order valence-electron chi connectivity index (χ2n) is 7.56. The average Bonchev–Trinajstić information content (AvgIpc) is 3.21. The second-order valence-corrected chi connectivity index (χ2v) is 7.56. The van der Waals surface area contributed by atoms with Gasteiger partial charge < -0.3 is 4.90 Å². The van der Waals surface area contributed by atoms with Gasteiger partial charge in [-0.15, -0.1) is 0 Å². The molecule has 0 aromatic heterocycles. The van der Waals surface area contributed by atoms with Gasteiger partial charge in [0.2, 0.25) is 5.91 Å². The van der Waals surface area contributed by atoms with E-state index in [1.807, 2.05) is 17.0 Å². The molecule has 1 aromatic rings. The van der Waals surface area contributed by atoms with Gasteiger partial charge in [0.1, 0.15) is 0 Å². The van der Waals surface area contributed by atoms with Gasteiger partial charge in [-0.05, 0) is 43.4 Å². The van der Waals surface area contributed by atoms with Crippen molar-refractivity contribution in [2.75, 3.05) is 32.7 Å². The molecule has 1 heterocycles. The summed E-state index contributed by atoms with van der Waals surface area (Å²) in [6.07, 6.45) is 8.71. The molecule has 0 unspecified atom stereocenters. The van der Waals surface area contributed by atoms with Crippen LogP contribution in [0.5, 0.6) is 0 Å². The highest BCUT2D eigenvalue weighted by Crippen LogP contribution is 2.39. The first-order valence-electron chi connectivity index (χ1n) is 10.1. The highest BCUT2D eigenvalue weighted by molar-refractivity contribution is 5.92. The number of rotatable bonds is 6. The van der Waals surface area contributed by atoms with Crippen LogP contribution in [0.1, 0.15) is 56.1 Å². The van der Waals surface area contributed by atoms with E-state index >= 15 is 0 Å². The van der Waals surface area contributed by atoms with Gasteiger partial charge in [-0.2, -0.15) is 0 Å². The molecule has 0 atom stereocenters. The molecular formula is C21H29N3O3. The van der Waals surface area contributed by atoms with Crippen molar-refractivity contribution in [3.05, 3.63) is 45.5 Å². The van der Waals surface area contributed by atoms with Crippen molar-refractivity contribution in [3.63, 3.8) is 0 Å². The Kier molecular flexibility index (Phi) is 6.61. The van der Waals surface area contributed by atoms with Gasteiger partial charge in [-0.1, -0.05) is 31.9 Å². The van der Waals surface area contributed by atoms with Crippen LogP contribution in [0.3, 0.4) is 0 Å². The molecule has 1 amide bonds. The van der Waals surface area contributed by atoms with Gasteiger partial charge in [0, 0.05) is 43.9 Å². The number of benzene rings is 1. The molecule has 27 heavy (non-hydrogen) atoms. The molecular weight excluding hydrogens is 342 g/mol. The number of nitrogens with zero attached hydrogens (tertiary/aromatic N) is 3. The fourth-order valence-corrected chi connectivity index (χ4v) is 4.19. The topological polar surface area (TPSA) is 66.7 Å². The number of nitro benzene ring substituents is 1. The van der Waals surface area contributed by atoms with E-state index in [9.17, 15) is 14.9 Å². The Morgan fingerprint density at radius 2 is 1.93 bits per heavy atom. The largest absolute Gasteiger partial charge is 0.337 e. The summed E-state index contributed by atoms with van der Waals surface area (Å²) in [7, 11) is 0. The first kappa shape index (κ1) is 19.5. The molecule has 1 aliphatic heterocycles. The molecule has 1 aromatic carbocycles. The maximum absolute atomic E-state index is 12.4. The van der Waals surface area contributed by atoms with Crippen LogP contribution in [0.25, 0.3) is 6.08 Å². The fraction of sp³-hybridized carbons (Fsp3) is 0.571. The Labute approximate surface area is 161 Å². The molecule has 0 spiro atoms. The molecule has 1 saturated carbocycles. The summed E-state index contributed by atoms with van der Waals surface area (Å²) >= 11 is 0. The van der Waals surface area contributed by atoms with Crippen molar-refractivity contribution in [1.82, 2.24) is 9.80 Å². The number of hydrogen-bond acceptors (Lipinski definition) is 4. The summed E-state index contributed by atoms with van der Waals surface area (Å²) in [6.45, 7) is 6.55. The predicted molar refractivity (Wildman–Crippen MR) is 107 cm³/mol. The smallest absolute Gasteiger partial charge is 0.273 e. The summed E-state index contributed by atoms with van der Waals surface area (Å²) in [6, 6.07) is 5.38. The van der Waals surface area contributed by atoms with Gasteiger partial charge in [0.05, 0.1) is 4.92 Å². The van der Waals surface area contributed by atoms with Crippen LogP contribution in [-0.4, -0.2) is 53.4 Å². The standard InChI is InChI=1S/C21H29N3O3/c1-2-11-22-12-14-23(15-13-22)21(25)10-8-17-7-9-19(18-5-3-4-6-18)20(16-17)24(26)27/h7-10,16,18H,2-6,11-15H2,1H3/b10-8+. The van der Waals surface area contributed by atoms with E-state index in [0.717, 1.165) is 70.4 Å². The minimum Gasteiger partial charge on any atom is -0.337 e. The molecule has 0 radical (unpaired) electrons. The lowest BCUT2D eigenvalue weighted by Gasteiger charge is -2.34. The van der Waals surface area contributed by atoms with Crippen LogP contribution in [0, 0.1) is 10.1 Å². The first-order valence-corrected chi connectivity index (χ1v) is 10.1. The van der Waals surface area contributed by atoms with E-state index in [1.54, 1.807) is 18.2 Å². The summed E-state index contributed by atoms with van der Waals surface area (Å²) in [5.41, 5.74) is 1.74. The Hall–Kier alpha value is -2.21. The van der Waals surface area contributed by atoms with Crippen LogP contribution in [-0.2, 0) is 4.79 Å². The monoisotopic (exact) mass is 371 g/mol. The van der Waals surface area contributed by atoms with Crippen LogP contribution >= 0.6 is 0 Å². The minimum absolute atomic E-state index is 0.0197. The number of piperazine rings is 1. The van der Waals surface area contributed by atoms with E-state index in [2.05, 4.69) is 11.8 Å². The molecule has 6 nitrogen and oxygen atoms in total. The van der Waals surface area contributed by atoms with Gasteiger partial charge in [0.25, 0.3) is 5.69 Å². The Morgan fingerprint density at radius 1 is 1.22 bits per heavy atom. The van der Waals surface area contributed by atoms with Crippen molar-refractivity contribution in [2.45, 2.75) is 44.9 Å². The van der Waals surface area contributed by atoms with Gasteiger partial charge in [-0.25, -0.2) is 0 Å². The van der Waals surface area contributed by atoms with Crippen LogP contribution in [0.2, 0.25) is 0 Å². The van der Waals surface area contributed by atoms with Gasteiger partial charge >= 0.3 is 0 Å². The zero-order chi connectivity index (χ0) is 19.2. The Bertz CT molecular complexity index is 703. The molecule has 0 N–H and O–H groups in total. The van der Waals surface area contributed by atoms with Gasteiger partial charge in [0.15, 0.2) is 0 Å². The quantitative estimate of drug-likeness (QED) is 0.433. The predicted octanol–water partition coefficient (Wildman–Crippen LogP) is 3.82. The van der Waals surface area contributed by atoms with Crippen molar-refractivity contribution in [3.8, 4) is 0 Å². The third-order valence-corrected chi connectivity index (χ3v) is 5.69. The zero-order valence-corrected chi connectivity index (χ0v) is 16.1. The second kappa shape index (κ2) is 9.13. The first-order chi connectivity index (χ1) is 13.1. The normalized spacial score (nSPS) is 19.1. The van der Waals surface area contributed by atoms with E-state index < -0.39 is 0 Å². The van der Waals surface area contributed by atoms with Crippen LogP contribution in [0.15, 0.2) is 24.3 Å². The molecule has 3 rings (SSSR count). The molecule has 0 bridgehead atoms. The molecule has 6 heteroatoms. The van der Waals surface area contributed by atoms with Gasteiger partial charge in [-0.3, -0.25) is 19.8 Å².